The van der Waals surface area contributed by atoms with Crippen molar-refractivity contribution in [3.63, 3.8) is 0 Å². The van der Waals surface area contributed by atoms with Crippen LogP contribution in [0.5, 0.6) is 0 Å². The van der Waals surface area contributed by atoms with Gasteiger partial charge in [-0.15, -0.1) is 0 Å². The zero-order valence-electron chi connectivity index (χ0n) is 7.38. The van der Waals surface area contributed by atoms with Gasteiger partial charge in [-0.25, -0.2) is 4.98 Å². The number of aromatic nitrogens is 2. The first-order valence-corrected chi connectivity index (χ1v) is 4.15. The summed E-state index contributed by atoms with van der Waals surface area (Å²) in [5, 5.41) is 16.7. The first-order valence-electron chi connectivity index (χ1n) is 4.15. The van der Waals surface area contributed by atoms with Gasteiger partial charge in [0.05, 0.1) is 6.20 Å². The minimum Gasteiger partial charge on any atom is -0.428 e. The van der Waals surface area contributed by atoms with Gasteiger partial charge in [-0.05, 0) is 5.56 Å². The molecule has 1 aromatic heterocycles. The molecule has 0 aliphatic heterocycles. The van der Waals surface area contributed by atoms with E-state index in [9.17, 15) is 0 Å². The van der Waals surface area contributed by atoms with Crippen LogP contribution in [0, 0.1) is 5.41 Å². The van der Waals surface area contributed by atoms with E-state index in [1.54, 1.807) is 0 Å². The number of benzene rings is 1. The molecule has 0 atom stereocenters. The minimum absolute atomic E-state index is 0.154. The second kappa shape index (κ2) is 3.33. The Kier molecular flexibility index (Phi) is 2.02. The zero-order valence-corrected chi connectivity index (χ0v) is 7.38. The second-order valence-electron chi connectivity index (χ2n) is 2.88. The van der Waals surface area contributed by atoms with Crippen molar-refractivity contribution in [2.75, 3.05) is 0 Å². The fraction of sp³-hybridized carbons (Fsp3) is 0. The maximum absolute atomic E-state index is 9.17. The van der Waals surface area contributed by atoms with Crippen molar-refractivity contribution in [3.05, 3.63) is 48.3 Å². The van der Waals surface area contributed by atoms with E-state index in [-0.39, 0.29) is 5.49 Å². The van der Waals surface area contributed by atoms with Crippen LogP contribution in [-0.4, -0.2) is 14.9 Å². The SMILES string of the molecule is N=c1ncn(O)cc1-c1ccccc1. The highest BCUT2D eigenvalue weighted by Crippen LogP contribution is 2.12. The highest BCUT2D eigenvalue weighted by atomic mass is 16.5. The molecule has 2 N–H and O–H groups in total. The van der Waals surface area contributed by atoms with E-state index >= 15 is 0 Å². The molecule has 0 aliphatic rings. The molecule has 4 heteroatoms. The molecule has 1 heterocycles. The Balaban J connectivity index is 2.63. The lowest BCUT2D eigenvalue weighted by molar-refractivity contribution is 0.180. The zero-order chi connectivity index (χ0) is 9.97. The smallest absolute Gasteiger partial charge is 0.155 e. The summed E-state index contributed by atoms with van der Waals surface area (Å²) in [6.45, 7) is 0. The standard InChI is InChI=1S/C10H9N3O/c11-10-9(6-13(14)7-12-10)8-4-2-1-3-5-8/h1-7,11,14H. The van der Waals surface area contributed by atoms with E-state index in [4.69, 9.17) is 10.6 Å². The van der Waals surface area contributed by atoms with Crippen LogP contribution >= 0.6 is 0 Å². The maximum atomic E-state index is 9.17. The summed E-state index contributed by atoms with van der Waals surface area (Å²) >= 11 is 0. The predicted molar refractivity (Wildman–Crippen MR) is 50.7 cm³/mol. The number of hydrogen-bond donors (Lipinski definition) is 2. The van der Waals surface area contributed by atoms with Crippen molar-refractivity contribution >= 4 is 0 Å². The summed E-state index contributed by atoms with van der Waals surface area (Å²) in [5.74, 6) is 0. The van der Waals surface area contributed by atoms with Crippen LogP contribution in [0.1, 0.15) is 0 Å². The van der Waals surface area contributed by atoms with Crippen LogP contribution < -0.4 is 5.49 Å². The Morgan fingerprint density at radius 1 is 1.21 bits per heavy atom. The number of nitrogens with zero attached hydrogens (tertiary/aromatic N) is 2. The van der Waals surface area contributed by atoms with E-state index in [1.807, 2.05) is 30.3 Å². The third kappa shape index (κ3) is 1.50. The van der Waals surface area contributed by atoms with Crippen molar-refractivity contribution < 1.29 is 5.21 Å². The van der Waals surface area contributed by atoms with E-state index in [1.165, 1.54) is 12.5 Å². The predicted octanol–water partition coefficient (Wildman–Crippen LogP) is 1.27. The summed E-state index contributed by atoms with van der Waals surface area (Å²) in [4.78, 5) is 3.73. The van der Waals surface area contributed by atoms with Crippen molar-refractivity contribution in [2.45, 2.75) is 0 Å². The molecular weight excluding hydrogens is 178 g/mol. The Morgan fingerprint density at radius 3 is 2.64 bits per heavy atom. The van der Waals surface area contributed by atoms with Gasteiger partial charge in [0, 0.05) is 5.56 Å². The Morgan fingerprint density at radius 2 is 1.93 bits per heavy atom. The molecule has 0 radical (unpaired) electrons. The van der Waals surface area contributed by atoms with Gasteiger partial charge < -0.3 is 5.21 Å². The molecule has 0 saturated carbocycles. The first kappa shape index (κ1) is 8.50. The number of nitrogens with one attached hydrogen (secondary N) is 1. The molecule has 2 aromatic rings. The van der Waals surface area contributed by atoms with Crippen LogP contribution in [0.3, 0.4) is 0 Å². The monoisotopic (exact) mass is 187 g/mol. The van der Waals surface area contributed by atoms with Crippen LogP contribution in [0.15, 0.2) is 42.9 Å². The third-order valence-electron chi connectivity index (χ3n) is 1.91. The second-order valence-corrected chi connectivity index (χ2v) is 2.88. The number of rotatable bonds is 1. The molecule has 70 valence electrons. The molecule has 0 bridgehead atoms. The molecule has 0 fully saturated rings. The molecule has 1 aromatic carbocycles. The average Bonchev–Trinajstić information content (AvgIpc) is 2.23. The molecule has 14 heavy (non-hydrogen) atoms. The number of hydrogen-bond acceptors (Lipinski definition) is 3. The molecule has 4 nitrogen and oxygen atoms in total. The summed E-state index contributed by atoms with van der Waals surface area (Å²) in [6, 6.07) is 9.40. The molecule has 2 rings (SSSR count). The van der Waals surface area contributed by atoms with Crippen molar-refractivity contribution in [2.24, 2.45) is 0 Å². The van der Waals surface area contributed by atoms with Crippen molar-refractivity contribution in [1.82, 2.24) is 9.71 Å². The average molecular weight is 187 g/mol. The Labute approximate surface area is 80.6 Å². The summed E-state index contributed by atoms with van der Waals surface area (Å²) in [7, 11) is 0. The molecular formula is C10H9N3O. The highest BCUT2D eigenvalue weighted by Gasteiger charge is 2.00. The van der Waals surface area contributed by atoms with Gasteiger partial charge >= 0.3 is 0 Å². The maximum Gasteiger partial charge on any atom is 0.155 e. The van der Waals surface area contributed by atoms with Gasteiger partial charge in [0.1, 0.15) is 6.33 Å². The molecule has 0 unspecified atom stereocenters. The fourth-order valence-electron chi connectivity index (χ4n) is 1.24. The lowest BCUT2D eigenvalue weighted by Gasteiger charge is -2.02. The lowest BCUT2D eigenvalue weighted by Crippen LogP contribution is -2.12. The topological polar surface area (TPSA) is 61.9 Å². The quantitative estimate of drug-likeness (QED) is 0.660. The van der Waals surface area contributed by atoms with Gasteiger partial charge in [0.2, 0.25) is 0 Å². The Hall–Kier alpha value is -2.10. The van der Waals surface area contributed by atoms with E-state index < -0.39 is 0 Å². The normalized spacial score (nSPS) is 10.0. The van der Waals surface area contributed by atoms with Gasteiger partial charge in [-0.1, -0.05) is 30.3 Å². The van der Waals surface area contributed by atoms with E-state index in [0.29, 0.717) is 5.56 Å². The minimum atomic E-state index is 0.154. The van der Waals surface area contributed by atoms with Crippen LogP contribution in [-0.2, 0) is 0 Å². The van der Waals surface area contributed by atoms with E-state index in [2.05, 4.69) is 4.98 Å². The van der Waals surface area contributed by atoms with Crippen molar-refractivity contribution in [3.8, 4) is 11.1 Å². The molecule has 0 aliphatic carbocycles. The Bertz CT molecular complexity index is 490. The summed E-state index contributed by atoms with van der Waals surface area (Å²) in [5.41, 5.74) is 1.63. The van der Waals surface area contributed by atoms with Crippen molar-refractivity contribution in [1.29, 1.82) is 5.41 Å². The van der Waals surface area contributed by atoms with Crippen LogP contribution in [0.2, 0.25) is 0 Å². The lowest BCUT2D eigenvalue weighted by atomic mass is 10.1. The highest BCUT2D eigenvalue weighted by molar-refractivity contribution is 5.60. The molecule has 0 spiro atoms. The van der Waals surface area contributed by atoms with Gasteiger partial charge in [0.15, 0.2) is 5.49 Å². The summed E-state index contributed by atoms with van der Waals surface area (Å²) < 4.78 is 0.848. The van der Waals surface area contributed by atoms with Gasteiger partial charge in [-0.3, -0.25) is 5.41 Å². The summed E-state index contributed by atoms with van der Waals surface area (Å²) in [6.07, 6.45) is 2.65. The fourth-order valence-corrected chi connectivity index (χ4v) is 1.24. The molecule has 0 amide bonds. The van der Waals surface area contributed by atoms with E-state index in [0.717, 1.165) is 10.3 Å². The van der Waals surface area contributed by atoms with Gasteiger partial charge in [0.25, 0.3) is 0 Å². The van der Waals surface area contributed by atoms with Gasteiger partial charge in [-0.2, -0.15) is 4.73 Å². The molecule has 0 saturated heterocycles. The first-order chi connectivity index (χ1) is 6.77. The van der Waals surface area contributed by atoms with Crippen LogP contribution in [0.25, 0.3) is 11.1 Å². The third-order valence-corrected chi connectivity index (χ3v) is 1.91. The van der Waals surface area contributed by atoms with Crippen LogP contribution in [0.4, 0.5) is 0 Å². The largest absolute Gasteiger partial charge is 0.428 e.